The lowest BCUT2D eigenvalue weighted by atomic mass is 10.2. The topological polar surface area (TPSA) is 83.7 Å². The molecule has 0 unspecified atom stereocenters. The molecule has 0 radical (unpaired) electrons. The molecule has 2 heterocycles. The normalized spacial score (nSPS) is 12.1. The number of fused-ring (bicyclic) bond motifs is 1. The first-order valence-electron chi connectivity index (χ1n) is 10.5. The molecule has 7 nitrogen and oxygen atoms in total. The monoisotopic (exact) mass is 483 g/mol. The lowest BCUT2D eigenvalue weighted by Gasteiger charge is -2.21. The Morgan fingerprint density at radius 2 is 1.82 bits per heavy atom. The van der Waals surface area contributed by atoms with Crippen molar-refractivity contribution < 1.29 is 17.6 Å². The van der Waals surface area contributed by atoms with Crippen LogP contribution in [0.1, 0.15) is 35.5 Å². The number of furan rings is 1. The number of carbonyl (C=O) groups is 1. The van der Waals surface area contributed by atoms with Crippen LogP contribution < -0.4 is 4.90 Å². The number of carbonyl (C=O) groups excluding carboxylic acids is 1. The molecule has 0 fully saturated rings. The van der Waals surface area contributed by atoms with Crippen molar-refractivity contribution in [2.75, 3.05) is 11.9 Å². The molecule has 0 spiro atoms. The van der Waals surface area contributed by atoms with E-state index >= 15 is 0 Å². The highest BCUT2D eigenvalue weighted by atomic mass is 32.2. The van der Waals surface area contributed by atoms with Crippen LogP contribution in [0.2, 0.25) is 0 Å². The van der Waals surface area contributed by atoms with Crippen LogP contribution in [0.25, 0.3) is 10.2 Å². The molecular formula is C24H25N3O4S2. The van der Waals surface area contributed by atoms with Crippen molar-refractivity contribution in [3.63, 3.8) is 0 Å². The zero-order chi connectivity index (χ0) is 23.8. The third-order valence-electron chi connectivity index (χ3n) is 5.49. The molecule has 9 heteroatoms. The van der Waals surface area contributed by atoms with Gasteiger partial charge in [0.2, 0.25) is 10.0 Å². The molecule has 172 valence electrons. The van der Waals surface area contributed by atoms with Crippen molar-refractivity contribution in [1.82, 2.24) is 9.29 Å². The van der Waals surface area contributed by atoms with Crippen LogP contribution in [0.5, 0.6) is 0 Å². The number of hydrogen-bond donors (Lipinski definition) is 0. The van der Waals surface area contributed by atoms with E-state index in [1.54, 1.807) is 30.3 Å². The van der Waals surface area contributed by atoms with Gasteiger partial charge in [-0.1, -0.05) is 23.5 Å². The number of aryl methyl sites for hydroxylation is 1. The third-order valence-corrected chi connectivity index (χ3v) is 8.58. The summed E-state index contributed by atoms with van der Waals surface area (Å²) in [6.45, 7) is 5.81. The summed E-state index contributed by atoms with van der Waals surface area (Å²) in [5.41, 5.74) is 2.25. The summed E-state index contributed by atoms with van der Waals surface area (Å²) < 4.78 is 33.3. The summed E-state index contributed by atoms with van der Waals surface area (Å²) >= 11 is 1.43. The smallest absolute Gasteiger partial charge is 0.260 e. The highest BCUT2D eigenvalue weighted by Gasteiger charge is 2.26. The zero-order valence-corrected chi connectivity index (χ0v) is 20.5. The van der Waals surface area contributed by atoms with Gasteiger partial charge in [-0.25, -0.2) is 13.4 Å². The van der Waals surface area contributed by atoms with Crippen molar-refractivity contribution in [3.8, 4) is 0 Å². The molecule has 0 N–H and O–H groups in total. The summed E-state index contributed by atoms with van der Waals surface area (Å²) in [4.78, 5) is 20.0. The zero-order valence-electron chi connectivity index (χ0n) is 18.8. The average Bonchev–Trinajstić information content (AvgIpc) is 3.47. The van der Waals surface area contributed by atoms with E-state index in [9.17, 15) is 13.2 Å². The average molecular weight is 484 g/mol. The lowest BCUT2D eigenvalue weighted by Crippen LogP contribution is -2.33. The molecule has 0 aliphatic rings. The van der Waals surface area contributed by atoms with Gasteiger partial charge >= 0.3 is 0 Å². The first-order chi connectivity index (χ1) is 15.7. The number of nitrogens with zero attached hydrogens (tertiary/aromatic N) is 3. The van der Waals surface area contributed by atoms with Gasteiger partial charge < -0.3 is 4.42 Å². The molecule has 0 saturated carbocycles. The van der Waals surface area contributed by atoms with Crippen LogP contribution in [-0.2, 0) is 16.6 Å². The molecule has 0 aliphatic carbocycles. The van der Waals surface area contributed by atoms with Gasteiger partial charge in [0.25, 0.3) is 5.91 Å². The maximum Gasteiger partial charge on any atom is 0.260 e. The number of rotatable bonds is 7. The van der Waals surface area contributed by atoms with Crippen molar-refractivity contribution in [2.24, 2.45) is 0 Å². The van der Waals surface area contributed by atoms with E-state index in [0.717, 1.165) is 15.8 Å². The number of para-hydroxylation sites is 1. The summed E-state index contributed by atoms with van der Waals surface area (Å²) in [5, 5.41) is 0.553. The summed E-state index contributed by atoms with van der Waals surface area (Å²) in [6.07, 6.45) is 1.56. The van der Waals surface area contributed by atoms with Gasteiger partial charge in [-0.2, -0.15) is 4.31 Å². The number of anilines is 1. The molecule has 1 amide bonds. The highest BCUT2D eigenvalue weighted by molar-refractivity contribution is 7.89. The molecule has 0 saturated heterocycles. The molecule has 4 rings (SSSR count). The molecule has 0 bridgehead atoms. The van der Waals surface area contributed by atoms with Crippen molar-refractivity contribution in [3.05, 3.63) is 77.7 Å². The van der Waals surface area contributed by atoms with E-state index in [2.05, 4.69) is 0 Å². The van der Waals surface area contributed by atoms with Crippen molar-refractivity contribution >= 4 is 42.6 Å². The number of hydrogen-bond acceptors (Lipinski definition) is 6. The number of amides is 1. The molecule has 2 aromatic heterocycles. The van der Waals surface area contributed by atoms with Crippen LogP contribution in [0, 0.1) is 6.92 Å². The van der Waals surface area contributed by atoms with Gasteiger partial charge in [-0.15, -0.1) is 0 Å². The van der Waals surface area contributed by atoms with E-state index in [-0.39, 0.29) is 23.4 Å². The minimum Gasteiger partial charge on any atom is -0.467 e. The number of aromatic nitrogens is 1. The SMILES string of the molecule is Cc1cccc2sc(N(Cc3ccco3)C(=O)c3ccc(S(=O)(=O)N(C)C(C)C)cc3)nc12. The van der Waals surface area contributed by atoms with E-state index < -0.39 is 10.0 Å². The molecule has 33 heavy (non-hydrogen) atoms. The Morgan fingerprint density at radius 3 is 2.42 bits per heavy atom. The van der Waals surface area contributed by atoms with Crippen LogP contribution >= 0.6 is 11.3 Å². The van der Waals surface area contributed by atoms with E-state index in [4.69, 9.17) is 9.40 Å². The van der Waals surface area contributed by atoms with Crippen LogP contribution in [-0.4, -0.2) is 36.7 Å². The summed E-state index contributed by atoms with van der Waals surface area (Å²) in [6, 6.07) is 15.3. The number of thiazole rings is 1. The van der Waals surface area contributed by atoms with Gasteiger partial charge in [0.15, 0.2) is 5.13 Å². The number of sulfonamides is 1. The van der Waals surface area contributed by atoms with Crippen molar-refractivity contribution in [1.29, 1.82) is 0 Å². The molecule has 0 aliphatic heterocycles. The van der Waals surface area contributed by atoms with Crippen LogP contribution in [0.3, 0.4) is 0 Å². The van der Waals surface area contributed by atoms with Crippen LogP contribution in [0.15, 0.2) is 70.2 Å². The third kappa shape index (κ3) is 4.57. The van der Waals surface area contributed by atoms with Gasteiger partial charge in [0, 0.05) is 18.7 Å². The predicted octanol–water partition coefficient (Wildman–Crippen LogP) is 5.07. The van der Waals surface area contributed by atoms with Gasteiger partial charge in [-0.3, -0.25) is 9.69 Å². The second kappa shape index (κ2) is 9.09. The predicted molar refractivity (Wildman–Crippen MR) is 130 cm³/mol. The van der Waals surface area contributed by atoms with Crippen molar-refractivity contribution in [2.45, 2.75) is 38.3 Å². The Bertz CT molecular complexity index is 1380. The first-order valence-corrected chi connectivity index (χ1v) is 12.7. The maximum absolute atomic E-state index is 13.5. The van der Waals surface area contributed by atoms with E-state index in [1.165, 1.54) is 39.9 Å². The van der Waals surface area contributed by atoms with Gasteiger partial charge in [0.1, 0.15) is 5.76 Å². The fraction of sp³-hybridized carbons (Fsp3) is 0.250. The minimum absolute atomic E-state index is 0.142. The fourth-order valence-corrected chi connectivity index (χ4v) is 5.75. The van der Waals surface area contributed by atoms with E-state index in [0.29, 0.717) is 16.5 Å². The Morgan fingerprint density at radius 1 is 1.09 bits per heavy atom. The Kier molecular flexibility index (Phi) is 6.38. The summed E-state index contributed by atoms with van der Waals surface area (Å²) in [5.74, 6) is 0.335. The Hall–Kier alpha value is -3.01. The number of benzene rings is 2. The molecule has 2 aromatic carbocycles. The minimum atomic E-state index is -3.63. The standard InChI is InChI=1S/C24H25N3O4S2/c1-16(2)26(4)33(29,30)20-12-10-18(11-13-20)23(28)27(15-19-8-6-14-31-19)24-25-22-17(3)7-5-9-21(22)32-24/h5-14,16H,15H2,1-4H3. The lowest BCUT2D eigenvalue weighted by molar-refractivity contribution is 0.0983. The van der Waals surface area contributed by atoms with Gasteiger partial charge in [-0.05, 0) is 68.8 Å². The van der Waals surface area contributed by atoms with Gasteiger partial charge in [0.05, 0.1) is 27.9 Å². The quantitative estimate of drug-likeness (QED) is 0.366. The molecular weight excluding hydrogens is 458 g/mol. The maximum atomic E-state index is 13.5. The largest absolute Gasteiger partial charge is 0.467 e. The second-order valence-electron chi connectivity index (χ2n) is 8.03. The first kappa shape index (κ1) is 23.2. The Labute approximate surface area is 197 Å². The summed E-state index contributed by atoms with van der Waals surface area (Å²) in [7, 11) is -2.09. The van der Waals surface area contributed by atoms with E-state index in [1.807, 2.05) is 39.0 Å². The molecule has 4 aromatic rings. The second-order valence-corrected chi connectivity index (χ2v) is 11.0. The fourth-order valence-electron chi connectivity index (χ4n) is 3.34. The highest BCUT2D eigenvalue weighted by Crippen LogP contribution is 2.32. The Balaban J connectivity index is 1.70. The molecule has 0 atom stereocenters. The van der Waals surface area contributed by atoms with Crippen LogP contribution in [0.4, 0.5) is 5.13 Å².